The zero-order valence-electron chi connectivity index (χ0n) is 6.65. The van der Waals surface area contributed by atoms with E-state index in [2.05, 4.69) is 10.3 Å². The Kier molecular flexibility index (Phi) is 1.80. The van der Waals surface area contributed by atoms with Crippen molar-refractivity contribution in [3.8, 4) is 0 Å². The summed E-state index contributed by atoms with van der Waals surface area (Å²) in [7, 11) is 1.94. The molecule has 1 aromatic rings. The van der Waals surface area contributed by atoms with Gasteiger partial charge in [0.1, 0.15) is 0 Å². The van der Waals surface area contributed by atoms with Crippen molar-refractivity contribution in [3.05, 3.63) is 12.4 Å². The summed E-state index contributed by atoms with van der Waals surface area (Å²) in [6, 6.07) is 0. The zero-order chi connectivity index (χ0) is 8.55. The van der Waals surface area contributed by atoms with E-state index in [0.29, 0.717) is 6.42 Å². The van der Waals surface area contributed by atoms with Crippen molar-refractivity contribution in [2.45, 2.75) is 17.0 Å². The Hall–Kier alpha value is -0.970. The minimum atomic E-state index is 0.127. The lowest BCUT2D eigenvalue weighted by molar-refractivity contribution is -0.126. The Balaban J connectivity index is 1.96. The number of β-lactam (4-membered cyclic amide) rings is 1. The van der Waals surface area contributed by atoms with E-state index in [1.165, 1.54) is 0 Å². The first-order valence-corrected chi connectivity index (χ1v) is 4.57. The largest absolute Gasteiger partial charge is 0.343 e. The van der Waals surface area contributed by atoms with Crippen LogP contribution in [0.15, 0.2) is 17.6 Å². The topological polar surface area (TPSA) is 46.9 Å². The summed E-state index contributed by atoms with van der Waals surface area (Å²) in [4.78, 5) is 14.7. The third-order valence-corrected chi connectivity index (χ3v) is 2.89. The molecular formula is C7H9N3OS. The van der Waals surface area contributed by atoms with Crippen LogP contribution in [0.1, 0.15) is 6.42 Å². The van der Waals surface area contributed by atoms with E-state index >= 15 is 0 Å². The molecule has 0 saturated carbocycles. The molecule has 1 unspecified atom stereocenters. The molecule has 0 radical (unpaired) electrons. The van der Waals surface area contributed by atoms with E-state index in [4.69, 9.17) is 0 Å². The second kappa shape index (κ2) is 2.82. The first-order valence-electron chi connectivity index (χ1n) is 3.69. The Morgan fingerprint density at radius 1 is 1.83 bits per heavy atom. The molecule has 0 bridgehead atoms. The maximum Gasteiger partial charge on any atom is 0.223 e. The number of aryl methyl sites for hydroxylation is 1. The van der Waals surface area contributed by atoms with E-state index in [0.717, 1.165) is 5.16 Å². The fraction of sp³-hybridized carbons (Fsp3) is 0.429. The highest BCUT2D eigenvalue weighted by atomic mass is 32.2. The minimum absolute atomic E-state index is 0.127. The van der Waals surface area contributed by atoms with Crippen molar-refractivity contribution in [1.82, 2.24) is 14.9 Å². The summed E-state index contributed by atoms with van der Waals surface area (Å²) in [5, 5.41) is 3.94. The molecule has 5 heteroatoms. The molecule has 64 valence electrons. The monoisotopic (exact) mass is 183 g/mol. The lowest BCUT2D eigenvalue weighted by Gasteiger charge is -2.25. The van der Waals surface area contributed by atoms with Crippen LogP contribution >= 0.6 is 11.8 Å². The molecule has 4 nitrogen and oxygen atoms in total. The van der Waals surface area contributed by atoms with Gasteiger partial charge in [0.2, 0.25) is 5.91 Å². The Morgan fingerprint density at radius 2 is 2.58 bits per heavy atom. The third-order valence-electron chi connectivity index (χ3n) is 1.72. The van der Waals surface area contributed by atoms with Crippen LogP contribution in [0.3, 0.4) is 0 Å². The number of hydrogen-bond donors (Lipinski definition) is 1. The number of thioether (sulfide) groups is 1. The maximum atomic E-state index is 10.6. The van der Waals surface area contributed by atoms with Crippen LogP contribution in [0.25, 0.3) is 0 Å². The van der Waals surface area contributed by atoms with Crippen molar-refractivity contribution in [3.63, 3.8) is 0 Å². The number of hydrogen-bond acceptors (Lipinski definition) is 3. The fourth-order valence-electron chi connectivity index (χ4n) is 0.991. The Labute approximate surface area is 74.4 Å². The first-order chi connectivity index (χ1) is 5.75. The fourth-order valence-corrected chi connectivity index (χ4v) is 2.02. The SMILES string of the molecule is Cn1ccnc1SC1CC(=O)N1. The number of rotatable bonds is 2. The van der Waals surface area contributed by atoms with Crippen LogP contribution in [0.4, 0.5) is 0 Å². The van der Waals surface area contributed by atoms with Gasteiger partial charge in [-0.15, -0.1) is 0 Å². The molecule has 2 heterocycles. The molecule has 1 atom stereocenters. The van der Waals surface area contributed by atoms with Crippen LogP contribution in [0.5, 0.6) is 0 Å². The van der Waals surface area contributed by atoms with E-state index in [1.807, 2.05) is 17.8 Å². The molecule has 1 aromatic heterocycles. The second-order valence-corrected chi connectivity index (χ2v) is 3.87. The Morgan fingerprint density at radius 3 is 3.08 bits per heavy atom. The number of carbonyl (C=O) groups excluding carboxylic acids is 1. The predicted octanol–water partition coefficient (Wildman–Crippen LogP) is 0.358. The number of aromatic nitrogens is 2. The number of nitrogens with one attached hydrogen (secondary N) is 1. The predicted molar refractivity (Wildman–Crippen MR) is 45.6 cm³/mol. The highest BCUT2D eigenvalue weighted by Crippen LogP contribution is 2.25. The molecule has 1 N–H and O–H groups in total. The van der Waals surface area contributed by atoms with Gasteiger partial charge in [0, 0.05) is 19.4 Å². The molecule has 1 aliphatic heterocycles. The summed E-state index contributed by atoms with van der Waals surface area (Å²) in [5.74, 6) is 0.127. The summed E-state index contributed by atoms with van der Waals surface area (Å²) >= 11 is 1.59. The smallest absolute Gasteiger partial charge is 0.223 e. The van der Waals surface area contributed by atoms with Gasteiger partial charge < -0.3 is 9.88 Å². The number of amides is 1. The lowest BCUT2D eigenvalue weighted by atomic mass is 10.3. The number of carbonyl (C=O) groups is 1. The van der Waals surface area contributed by atoms with Gasteiger partial charge in [0.15, 0.2) is 5.16 Å². The first kappa shape index (κ1) is 7.67. The van der Waals surface area contributed by atoms with E-state index in [-0.39, 0.29) is 11.3 Å². The van der Waals surface area contributed by atoms with Crippen molar-refractivity contribution in [2.75, 3.05) is 0 Å². The quantitative estimate of drug-likeness (QED) is 0.673. The second-order valence-electron chi connectivity index (χ2n) is 2.70. The van der Waals surface area contributed by atoms with E-state index in [1.54, 1.807) is 18.0 Å². The summed E-state index contributed by atoms with van der Waals surface area (Å²) in [5.41, 5.74) is 0. The third kappa shape index (κ3) is 1.32. The molecule has 2 rings (SSSR count). The van der Waals surface area contributed by atoms with Gasteiger partial charge in [-0.3, -0.25) is 4.79 Å². The molecule has 1 aliphatic rings. The van der Waals surface area contributed by atoms with Gasteiger partial charge >= 0.3 is 0 Å². The lowest BCUT2D eigenvalue weighted by Crippen LogP contribution is -2.46. The molecule has 0 aromatic carbocycles. The maximum absolute atomic E-state index is 10.6. The summed E-state index contributed by atoms with van der Waals surface area (Å²) in [6.07, 6.45) is 4.25. The zero-order valence-corrected chi connectivity index (χ0v) is 7.47. The van der Waals surface area contributed by atoms with Crippen LogP contribution in [0.2, 0.25) is 0 Å². The van der Waals surface area contributed by atoms with Gasteiger partial charge in [-0.1, -0.05) is 11.8 Å². The van der Waals surface area contributed by atoms with Gasteiger partial charge in [-0.25, -0.2) is 4.98 Å². The van der Waals surface area contributed by atoms with Gasteiger partial charge in [0.25, 0.3) is 0 Å². The van der Waals surface area contributed by atoms with E-state index < -0.39 is 0 Å². The van der Waals surface area contributed by atoms with Gasteiger partial charge in [-0.2, -0.15) is 0 Å². The van der Waals surface area contributed by atoms with Gasteiger partial charge in [-0.05, 0) is 0 Å². The minimum Gasteiger partial charge on any atom is -0.343 e. The Bertz CT molecular complexity index is 301. The molecule has 0 aliphatic carbocycles. The highest BCUT2D eigenvalue weighted by molar-refractivity contribution is 7.99. The van der Waals surface area contributed by atoms with Crippen molar-refractivity contribution < 1.29 is 4.79 Å². The van der Waals surface area contributed by atoms with Crippen LogP contribution in [0, 0.1) is 0 Å². The van der Waals surface area contributed by atoms with Crippen molar-refractivity contribution in [1.29, 1.82) is 0 Å². The normalized spacial score (nSPS) is 21.8. The molecular weight excluding hydrogens is 174 g/mol. The molecule has 1 fully saturated rings. The van der Waals surface area contributed by atoms with Gasteiger partial charge in [0.05, 0.1) is 11.8 Å². The number of nitrogens with zero attached hydrogens (tertiary/aromatic N) is 2. The standard InChI is InChI=1S/C7H9N3OS/c1-10-3-2-8-7(10)12-6-4-5(11)9-6/h2-3,6H,4H2,1H3,(H,9,11). The molecule has 12 heavy (non-hydrogen) atoms. The van der Waals surface area contributed by atoms with E-state index in [9.17, 15) is 4.79 Å². The molecule has 1 amide bonds. The number of imidazole rings is 1. The summed E-state index contributed by atoms with van der Waals surface area (Å²) < 4.78 is 1.94. The molecule has 0 spiro atoms. The average Bonchev–Trinajstić information content (AvgIpc) is 2.33. The van der Waals surface area contributed by atoms with Crippen LogP contribution in [-0.4, -0.2) is 20.8 Å². The van der Waals surface area contributed by atoms with Crippen LogP contribution < -0.4 is 5.32 Å². The molecule has 1 saturated heterocycles. The van der Waals surface area contributed by atoms with Crippen molar-refractivity contribution >= 4 is 17.7 Å². The highest BCUT2D eigenvalue weighted by Gasteiger charge is 2.26. The van der Waals surface area contributed by atoms with Crippen molar-refractivity contribution in [2.24, 2.45) is 7.05 Å². The summed E-state index contributed by atoms with van der Waals surface area (Å²) in [6.45, 7) is 0. The average molecular weight is 183 g/mol. The van der Waals surface area contributed by atoms with Crippen LogP contribution in [-0.2, 0) is 11.8 Å².